The van der Waals surface area contributed by atoms with Gasteiger partial charge in [-0.2, -0.15) is 0 Å². The molecule has 0 saturated heterocycles. The van der Waals surface area contributed by atoms with Gasteiger partial charge >= 0.3 is 5.97 Å². The number of amides is 1. The van der Waals surface area contributed by atoms with Gasteiger partial charge < -0.3 is 19.3 Å². The average molecular weight is 610 g/mol. The van der Waals surface area contributed by atoms with Crippen LogP contribution in [0.1, 0.15) is 76.4 Å². The Bertz CT molecular complexity index is 1580. The number of phenolic OH excluding ortho intramolecular Hbond substituents is 1. The van der Waals surface area contributed by atoms with E-state index in [-0.39, 0.29) is 55.0 Å². The number of aromatic hydroxyl groups is 1. The second-order valence-corrected chi connectivity index (χ2v) is 12.1. The Morgan fingerprint density at radius 2 is 1.65 bits per heavy atom. The summed E-state index contributed by atoms with van der Waals surface area (Å²) in [5, 5.41) is 10.6. The summed E-state index contributed by atoms with van der Waals surface area (Å²) in [6.45, 7) is 2.08. The highest BCUT2D eigenvalue weighted by atomic mass is 32.2. The van der Waals surface area contributed by atoms with Crippen LogP contribution in [0.25, 0.3) is 0 Å². The van der Waals surface area contributed by atoms with E-state index in [2.05, 4.69) is 0 Å². The van der Waals surface area contributed by atoms with E-state index in [1.165, 1.54) is 18.2 Å². The molecule has 0 atom stereocenters. The Labute approximate surface area is 251 Å². The van der Waals surface area contributed by atoms with Crippen molar-refractivity contribution in [1.82, 2.24) is 4.72 Å². The fraction of sp³-hybridized carbons (Fsp3) is 0.344. The van der Waals surface area contributed by atoms with Crippen molar-refractivity contribution in [3.63, 3.8) is 0 Å². The number of ketones is 1. The van der Waals surface area contributed by atoms with Gasteiger partial charge in [0.1, 0.15) is 23.9 Å². The molecule has 4 rings (SSSR count). The van der Waals surface area contributed by atoms with Gasteiger partial charge in [0.2, 0.25) is 10.0 Å². The van der Waals surface area contributed by atoms with Crippen LogP contribution in [-0.4, -0.2) is 50.2 Å². The zero-order valence-corrected chi connectivity index (χ0v) is 24.9. The zero-order valence-electron chi connectivity index (χ0n) is 24.1. The van der Waals surface area contributed by atoms with Gasteiger partial charge in [-0.05, 0) is 92.6 Å². The van der Waals surface area contributed by atoms with Crippen LogP contribution in [0.15, 0.2) is 60.7 Å². The number of esters is 1. The summed E-state index contributed by atoms with van der Waals surface area (Å²) in [6.07, 6.45) is 5.51. The van der Waals surface area contributed by atoms with Crippen LogP contribution in [-0.2, 0) is 32.6 Å². The molecular formula is C32H35NO9S. The molecule has 0 spiro atoms. The summed E-state index contributed by atoms with van der Waals surface area (Å²) in [5.74, 6) is -0.727. The number of hydrogen-bond acceptors (Lipinski definition) is 9. The van der Waals surface area contributed by atoms with E-state index in [4.69, 9.17) is 14.2 Å². The molecule has 0 heterocycles. The fourth-order valence-corrected chi connectivity index (χ4v) is 5.25. The molecule has 1 amide bonds. The molecule has 0 radical (unpaired) electrons. The van der Waals surface area contributed by atoms with E-state index in [1.54, 1.807) is 49.4 Å². The van der Waals surface area contributed by atoms with Crippen molar-refractivity contribution in [3.8, 4) is 17.2 Å². The van der Waals surface area contributed by atoms with Gasteiger partial charge in [-0.3, -0.25) is 14.4 Å². The quantitative estimate of drug-likeness (QED) is 0.208. The molecule has 228 valence electrons. The SMILES string of the molecule is CCOC(=O)CCc1cc(C(=O)c2ccc(OC3CCCC3)cc2O)ccc1OCc1ccc(C(=O)NS(C)(=O)=O)cc1. The number of hydrogen-bond donors (Lipinski definition) is 2. The van der Waals surface area contributed by atoms with Crippen molar-refractivity contribution in [2.75, 3.05) is 12.9 Å². The van der Waals surface area contributed by atoms with Crippen LogP contribution in [0.3, 0.4) is 0 Å². The first-order valence-electron chi connectivity index (χ1n) is 14.1. The number of sulfonamides is 1. The summed E-state index contributed by atoms with van der Waals surface area (Å²) in [5.41, 5.74) is 1.92. The van der Waals surface area contributed by atoms with Crippen LogP contribution in [0.5, 0.6) is 17.2 Å². The maximum absolute atomic E-state index is 13.4. The van der Waals surface area contributed by atoms with Gasteiger partial charge in [0, 0.05) is 23.6 Å². The molecule has 1 aliphatic carbocycles. The van der Waals surface area contributed by atoms with Crippen molar-refractivity contribution in [3.05, 3.63) is 88.5 Å². The molecule has 0 bridgehead atoms. The number of rotatable bonds is 13. The van der Waals surface area contributed by atoms with Gasteiger partial charge in [-0.1, -0.05) is 12.1 Å². The third kappa shape index (κ3) is 9.05. The minimum Gasteiger partial charge on any atom is -0.507 e. The molecule has 0 aliphatic heterocycles. The van der Waals surface area contributed by atoms with E-state index in [0.29, 0.717) is 28.2 Å². The smallest absolute Gasteiger partial charge is 0.306 e. The third-order valence-electron chi connectivity index (χ3n) is 6.93. The number of phenols is 1. The van der Waals surface area contributed by atoms with Crippen molar-refractivity contribution in [2.24, 2.45) is 0 Å². The Morgan fingerprint density at radius 1 is 0.953 bits per heavy atom. The number of aryl methyl sites for hydroxylation is 1. The summed E-state index contributed by atoms with van der Waals surface area (Å²) < 4.78 is 41.6. The van der Waals surface area contributed by atoms with Crippen molar-refractivity contribution < 1.29 is 42.1 Å². The van der Waals surface area contributed by atoms with E-state index in [1.807, 2.05) is 4.72 Å². The minimum atomic E-state index is -3.69. The lowest BCUT2D eigenvalue weighted by atomic mass is 9.98. The summed E-state index contributed by atoms with van der Waals surface area (Å²) in [6, 6.07) is 15.8. The second-order valence-electron chi connectivity index (χ2n) is 10.3. The van der Waals surface area contributed by atoms with E-state index in [9.17, 15) is 27.9 Å². The van der Waals surface area contributed by atoms with E-state index < -0.39 is 21.7 Å². The Kier molecular flexibility index (Phi) is 10.4. The van der Waals surface area contributed by atoms with Crippen LogP contribution < -0.4 is 14.2 Å². The van der Waals surface area contributed by atoms with Gasteiger partial charge in [0.05, 0.1) is 24.5 Å². The first kappa shape index (κ1) is 31.6. The van der Waals surface area contributed by atoms with E-state index in [0.717, 1.165) is 31.9 Å². The minimum absolute atomic E-state index is 0.0739. The maximum atomic E-state index is 13.4. The summed E-state index contributed by atoms with van der Waals surface area (Å²) in [4.78, 5) is 37.5. The maximum Gasteiger partial charge on any atom is 0.306 e. The van der Waals surface area contributed by atoms with Crippen LogP contribution in [0.4, 0.5) is 0 Å². The standard InChI is InChI=1S/C32H35NO9S/c1-3-40-30(35)17-13-23-18-24(31(36)27-15-14-26(19-28(27)34)42-25-6-4-5-7-25)12-16-29(23)41-20-21-8-10-22(11-9-21)32(37)33-43(2,38)39/h8-12,14-16,18-19,25,34H,3-7,13,17,20H2,1-2H3,(H,33,37). The van der Waals surface area contributed by atoms with Gasteiger partial charge in [0.15, 0.2) is 5.78 Å². The molecule has 1 aliphatic rings. The first-order chi connectivity index (χ1) is 20.5. The molecule has 10 nitrogen and oxygen atoms in total. The lowest BCUT2D eigenvalue weighted by Gasteiger charge is -2.15. The topological polar surface area (TPSA) is 145 Å². The number of carbonyl (C=O) groups excluding carboxylic acids is 3. The Hall–Kier alpha value is -4.38. The van der Waals surface area contributed by atoms with E-state index >= 15 is 0 Å². The predicted octanol–water partition coefficient (Wildman–Crippen LogP) is 4.71. The molecule has 11 heteroatoms. The van der Waals surface area contributed by atoms with Crippen LogP contribution in [0.2, 0.25) is 0 Å². The molecule has 43 heavy (non-hydrogen) atoms. The van der Waals surface area contributed by atoms with Crippen molar-refractivity contribution in [2.45, 2.75) is 58.2 Å². The molecule has 3 aromatic carbocycles. The highest BCUT2D eigenvalue weighted by molar-refractivity contribution is 7.89. The largest absolute Gasteiger partial charge is 0.507 e. The van der Waals surface area contributed by atoms with Crippen LogP contribution >= 0.6 is 0 Å². The number of ether oxygens (including phenoxy) is 3. The lowest BCUT2D eigenvalue weighted by Crippen LogP contribution is -2.29. The summed E-state index contributed by atoms with van der Waals surface area (Å²) >= 11 is 0. The number of carbonyl (C=O) groups is 3. The zero-order chi connectivity index (χ0) is 31.0. The van der Waals surface area contributed by atoms with Crippen molar-refractivity contribution in [1.29, 1.82) is 0 Å². The van der Waals surface area contributed by atoms with Gasteiger partial charge in [-0.25, -0.2) is 13.1 Å². The molecule has 1 saturated carbocycles. The molecule has 0 unspecified atom stereocenters. The molecule has 1 fully saturated rings. The normalized spacial score (nSPS) is 13.3. The van der Waals surface area contributed by atoms with Gasteiger partial charge in [-0.15, -0.1) is 0 Å². The second kappa shape index (κ2) is 14.2. The molecule has 2 N–H and O–H groups in total. The Morgan fingerprint density at radius 3 is 2.30 bits per heavy atom. The van der Waals surface area contributed by atoms with Gasteiger partial charge in [0.25, 0.3) is 5.91 Å². The van der Waals surface area contributed by atoms with Crippen molar-refractivity contribution >= 4 is 27.7 Å². The fourth-order valence-electron chi connectivity index (χ4n) is 4.80. The first-order valence-corrected chi connectivity index (χ1v) is 16.0. The highest BCUT2D eigenvalue weighted by Crippen LogP contribution is 2.31. The molecular weight excluding hydrogens is 574 g/mol. The summed E-state index contributed by atoms with van der Waals surface area (Å²) in [7, 11) is -3.69. The molecule has 0 aromatic heterocycles. The third-order valence-corrected chi connectivity index (χ3v) is 7.49. The highest BCUT2D eigenvalue weighted by Gasteiger charge is 2.20. The Balaban J connectivity index is 1.50. The predicted molar refractivity (Wildman–Crippen MR) is 159 cm³/mol. The van der Waals surface area contributed by atoms with Crippen LogP contribution in [0, 0.1) is 0 Å². The molecule has 3 aromatic rings. The number of benzene rings is 3. The lowest BCUT2D eigenvalue weighted by molar-refractivity contribution is -0.143. The number of nitrogens with one attached hydrogen (secondary N) is 1. The average Bonchev–Trinajstić information content (AvgIpc) is 3.47. The monoisotopic (exact) mass is 609 g/mol.